The SMILES string of the molecule is CSc1nn2c(-c3ccccc3)cc(C)nc2c1C(=O)Nc1ccccc1. The first kappa shape index (κ1) is 17.3. The predicted octanol–water partition coefficient (Wildman–Crippen LogP) is 4.68. The van der Waals surface area contributed by atoms with Gasteiger partial charge in [0.2, 0.25) is 0 Å². The molecule has 0 radical (unpaired) electrons. The van der Waals surface area contributed by atoms with E-state index in [2.05, 4.69) is 15.4 Å². The third kappa shape index (κ3) is 3.31. The number of rotatable bonds is 4. The monoisotopic (exact) mass is 374 g/mol. The zero-order valence-corrected chi connectivity index (χ0v) is 15.8. The Bertz CT molecular complexity index is 1110. The number of anilines is 1. The maximum absolute atomic E-state index is 13.0. The fraction of sp³-hybridized carbons (Fsp3) is 0.0952. The van der Waals surface area contributed by atoms with Crippen molar-refractivity contribution in [2.24, 2.45) is 0 Å². The van der Waals surface area contributed by atoms with E-state index in [1.165, 1.54) is 11.8 Å². The summed E-state index contributed by atoms with van der Waals surface area (Å²) in [6, 6.07) is 21.4. The molecular formula is C21H18N4OS. The number of benzene rings is 2. The Labute approximate surface area is 161 Å². The van der Waals surface area contributed by atoms with Gasteiger partial charge in [-0.25, -0.2) is 9.50 Å². The van der Waals surface area contributed by atoms with Crippen molar-refractivity contribution < 1.29 is 4.79 Å². The second-order valence-electron chi connectivity index (χ2n) is 6.09. The molecule has 0 aliphatic carbocycles. The highest BCUT2D eigenvalue weighted by atomic mass is 32.2. The van der Waals surface area contributed by atoms with Gasteiger partial charge in [-0.05, 0) is 31.4 Å². The summed E-state index contributed by atoms with van der Waals surface area (Å²) in [5.74, 6) is -0.210. The largest absolute Gasteiger partial charge is 0.322 e. The minimum atomic E-state index is -0.210. The van der Waals surface area contributed by atoms with E-state index in [0.29, 0.717) is 16.2 Å². The average molecular weight is 374 g/mol. The van der Waals surface area contributed by atoms with Crippen LogP contribution in [0.3, 0.4) is 0 Å². The summed E-state index contributed by atoms with van der Waals surface area (Å²) in [6.45, 7) is 1.93. The van der Waals surface area contributed by atoms with Crippen LogP contribution in [0.4, 0.5) is 5.69 Å². The van der Waals surface area contributed by atoms with Crippen LogP contribution in [0.1, 0.15) is 16.1 Å². The van der Waals surface area contributed by atoms with Gasteiger partial charge in [-0.3, -0.25) is 4.79 Å². The van der Waals surface area contributed by atoms with Crippen molar-refractivity contribution in [3.05, 3.63) is 78.0 Å². The highest BCUT2D eigenvalue weighted by Crippen LogP contribution is 2.28. The zero-order chi connectivity index (χ0) is 18.8. The lowest BCUT2D eigenvalue weighted by Crippen LogP contribution is -2.13. The Morgan fingerprint density at radius 2 is 1.70 bits per heavy atom. The molecule has 0 spiro atoms. The highest BCUT2D eigenvalue weighted by molar-refractivity contribution is 7.98. The Kier molecular flexibility index (Phi) is 4.64. The molecule has 27 heavy (non-hydrogen) atoms. The van der Waals surface area contributed by atoms with Crippen LogP contribution < -0.4 is 5.32 Å². The molecule has 0 unspecified atom stereocenters. The van der Waals surface area contributed by atoms with E-state index in [0.717, 1.165) is 22.6 Å². The van der Waals surface area contributed by atoms with E-state index >= 15 is 0 Å². The van der Waals surface area contributed by atoms with Gasteiger partial charge in [-0.1, -0.05) is 48.5 Å². The van der Waals surface area contributed by atoms with Crippen LogP contribution in [-0.4, -0.2) is 26.8 Å². The van der Waals surface area contributed by atoms with E-state index in [9.17, 15) is 4.79 Å². The standard InChI is InChI=1S/C21H18N4OS/c1-14-13-17(15-9-5-3-6-10-15)25-19(22-14)18(21(24-25)27-2)20(26)23-16-11-7-4-8-12-16/h3-13H,1-2H3,(H,23,26). The highest BCUT2D eigenvalue weighted by Gasteiger charge is 2.23. The minimum Gasteiger partial charge on any atom is -0.322 e. The minimum absolute atomic E-state index is 0.210. The van der Waals surface area contributed by atoms with Crippen LogP contribution >= 0.6 is 11.8 Å². The number of nitrogens with zero attached hydrogens (tertiary/aromatic N) is 3. The number of amides is 1. The Morgan fingerprint density at radius 1 is 1.04 bits per heavy atom. The Balaban J connectivity index is 1.88. The number of nitrogens with one attached hydrogen (secondary N) is 1. The lowest BCUT2D eigenvalue weighted by molar-refractivity contribution is 0.102. The van der Waals surface area contributed by atoms with Crippen molar-refractivity contribution in [3.63, 3.8) is 0 Å². The molecule has 134 valence electrons. The molecule has 6 heteroatoms. The summed E-state index contributed by atoms with van der Waals surface area (Å²) in [5.41, 5.74) is 4.57. The smallest absolute Gasteiger partial charge is 0.262 e. The fourth-order valence-corrected chi connectivity index (χ4v) is 3.54. The molecule has 0 fully saturated rings. The van der Waals surface area contributed by atoms with Gasteiger partial charge in [0, 0.05) is 16.9 Å². The number of aromatic nitrogens is 3. The number of para-hydroxylation sites is 1. The van der Waals surface area contributed by atoms with Gasteiger partial charge >= 0.3 is 0 Å². The van der Waals surface area contributed by atoms with Gasteiger partial charge in [0.15, 0.2) is 5.65 Å². The number of hydrogen-bond donors (Lipinski definition) is 1. The van der Waals surface area contributed by atoms with Crippen molar-refractivity contribution in [1.82, 2.24) is 14.6 Å². The van der Waals surface area contributed by atoms with Crippen molar-refractivity contribution in [1.29, 1.82) is 0 Å². The molecule has 4 rings (SSSR count). The number of aryl methyl sites for hydroxylation is 1. The maximum Gasteiger partial charge on any atom is 0.262 e. The molecule has 5 nitrogen and oxygen atoms in total. The fourth-order valence-electron chi connectivity index (χ4n) is 2.99. The van der Waals surface area contributed by atoms with E-state index in [1.807, 2.05) is 79.9 Å². The molecular weight excluding hydrogens is 356 g/mol. The molecule has 0 saturated carbocycles. The number of fused-ring (bicyclic) bond motifs is 1. The zero-order valence-electron chi connectivity index (χ0n) is 15.0. The number of carbonyl (C=O) groups excluding carboxylic acids is 1. The number of thioether (sulfide) groups is 1. The maximum atomic E-state index is 13.0. The molecule has 0 aliphatic rings. The van der Waals surface area contributed by atoms with Crippen molar-refractivity contribution in [2.75, 3.05) is 11.6 Å². The van der Waals surface area contributed by atoms with E-state index in [4.69, 9.17) is 0 Å². The summed E-state index contributed by atoms with van der Waals surface area (Å²) >= 11 is 1.44. The lowest BCUT2D eigenvalue weighted by Gasteiger charge is -2.07. The Hall–Kier alpha value is -3.12. The van der Waals surface area contributed by atoms with Crippen LogP contribution in [-0.2, 0) is 0 Å². The summed E-state index contributed by atoms with van der Waals surface area (Å²) in [7, 11) is 0. The second kappa shape index (κ2) is 7.25. The van der Waals surface area contributed by atoms with Gasteiger partial charge < -0.3 is 5.32 Å². The van der Waals surface area contributed by atoms with Gasteiger partial charge in [0.25, 0.3) is 5.91 Å². The third-order valence-electron chi connectivity index (χ3n) is 4.21. The summed E-state index contributed by atoms with van der Waals surface area (Å²) < 4.78 is 1.76. The predicted molar refractivity (Wildman–Crippen MR) is 109 cm³/mol. The van der Waals surface area contributed by atoms with Gasteiger partial charge in [0.05, 0.1) is 5.69 Å². The molecule has 0 bridgehead atoms. The second-order valence-corrected chi connectivity index (χ2v) is 6.88. The topological polar surface area (TPSA) is 59.3 Å². The van der Waals surface area contributed by atoms with Crippen LogP contribution in [0.2, 0.25) is 0 Å². The first-order valence-corrected chi connectivity index (χ1v) is 9.76. The van der Waals surface area contributed by atoms with E-state index < -0.39 is 0 Å². The van der Waals surface area contributed by atoms with Crippen molar-refractivity contribution in [2.45, 2.75) is 11.9 Å². The first-order valence-electron chi connectivity index (χ1n) is 8.53. The molecule has 2 heterocycles. The quantitative estimate of drug-likeness (QED) is 0.527. The molecule has 1 N–H and O–H groups in total. The average Bonchev–Trinajstić information content (AvgIpc) is 3.07. The molecule has 0 aliphatic heterocycles. The molecule has 1 amide bonds. The molecule has 2 aromatic carbocycles. The van der Waals surface area contributed by atoms with E-state index in [1.54, 1.807) is 4.52 Å². The van der Waals surface area contributed by atoms with Crippen LogP contribution in [0, 0.1) is 6.92 Å². The van der Waals surface area contributed by atoms with Crippen LogP contribution in [0.5, 0.6) is 0 Å². The normalized spacial score (nSPS) is 10.9. The number of carbonyl (C=O) groups is 1. The third-order valence-corrected chi connectivity index (χ3v) is 4.88. The van der Waals surface area contributed by atoms with Crippen molar-refractivity contribution >= 4 is 29.0 Å². The summed E-state index contributed by atoms with van der Waals surface area (Å²) in [6.07, 6.45) is 1.91. The van der Waals surface area contributed by atoms with E-state index in [-0.39, 0.29) is 5.91 Å². The molecule has 4 aromatic rings. The van der Waals surface area contributed by atoms with Gasteiger partial charge in [-0.2, -0.15) is 5.10 Å². The Morgan fingerprint density at radius 3 is 2.37 bits per heavy atom. The molecule has 0 saturated heterocycles. The van der Waals surface area contributed by atoms with Crippen LogP contribution in [0.15, 0.2) is 71.8 Å². The first-order chi connectivity index (χ1) is 13.2. The van der Waals surface area contributed by atoms with Crippen molar-refractivity contribution in [3.8, 4) is 11.3 Å². The molecule has 2 aromatic heterocycles. The van der Waals surface area contributed by atoms with Crippen LogP contribution in [0.25, 0.3) is 16.9 Å². The summed E-state index contributed by atoms with van der Waals surface area (Å²) in [4.78, 5) is 17.6. The van der Waals surface area contributed by atoms with Gasteiger partial charge in [0.1, 0.15) is 10.6 Å². The number of hydrogen-bond acceptors (Lipinski definition) is 4. The lowest BCUT2D eigenvalue weighted by atomic mass is 10.1. The van der Waals surface area contributed by atoms with Gasteiger partial charge in [-0.15, -0.1) is 11.8 Å². The summed E-state index contributed by atoms with van der Waals surface area (Å²) in [5, 5.41) is 8.26. The molecule has 0 atom stereocenters.